The number of alkyl halides is 3. The summed E-state index contributed by atoms with van der Waals surface area (Å²) < 4.78 is 31.7. The quantitative estimate of drug-likeness (QED) is 0.392. The maximum absolute atomic E-state index is 13.2. The van der Waals surface area contributed by atoms with Crippen LogP contribution in [0.4, 0.5) is 23.9 Å². The number of carbonyl (C=O) groups is 3. The fraction of sp³-hybridized carbons (Fsp3) is 0.409. The lowest BCUT2D eigenvalue weighted by Gasteiger charge is -2.28. The minimum atomic E-state index is -5.08. The topological polar surface area (TPSA) is 125 Å². The van der Waals surface area contributed by atoms with E-state index >= 15 is 0 Å². The van der Waals surface area contributed by atoms with Crippen LogP contribution in [0, 0.1) is 0 Å². The van der Waals surface area contributed by atoms with E-state index in [4.69, 9.17) is 38.8 Å². The van der Waals surface area contributed by atoms with Gasteiger partial charge in [0.1, 0.15) is 9.88 Å². The lowest BCUT2D eigenvalue weighted by molar-refractivity contribution is -0.192. The van der Waals surface area contributed by atoms with Crippen LogP contribution in [-0.4, -0.2) is 65.6 Å². The van der Waals surface area contributed by atoms with E-state index in [1.54, 1.807) is 17.0 Å². The number of piperazine rings is 1. The summed E-state index contributed by atoms with van der Waals surface area (Å²) in [5, 5.41) is 15.0. The maximum Gasteiger partial charge on any atom is 0.490 e. The third kappa shape index (κ3) is 7.73. The number of hydrogen-bond donors (Lipinski definition) is 4. The molecule has 1 aliphatic heterocycles. The van der Waals surface area contributed by atoms with Crippen LogP contribution in [0.25, 0.3) is 0 Å². The lowest BCUT2D eigenvalue weighted by atomic mass is 10.1. The molecular formula is C22H25Cl2F3N4O4S. The molecule has 8 nitrogen and oxygen atoms in total. The van der Waals surface area contributed by atoms with E-state index in [1.165, 1.54) is 17.4 Å². The highest BCUT2D eigenvalue weighted by Crippen LogP contribution is 2.40. The standard InChI is InChI=1S/C20H24Cl2N4O2S.C2HF3O2/c1-20(2,3)25-18-14(19(28)26-8-6-24-7-9-26)15(23)17(29-18)16(27)12-5-4-11(21)10-13(12)22;3-2(4,5)1(6)7/h4-5,10,24-25H,6-9,23H2,1-3H3;(H,6,7). The Morgan fingerprint density at radius 3 is 2.17 bits per heavy atom. The number of thiophene rings is 1. The first-order valence-corrected chi connectivity index (χ1v) is 12.1. The molecule has 2 heterocycles. The third-order valence-electron chi connectivity index (χ3n) is 4.68. The van der Waals surface area contributed by atoms with E-state index < -0.39 is 12.1 Å². The zero-order valence-corrected chi connectivity index (χ0v) is 21.9. The fourth-order valence-electron chi connectivity index (χ4n) is 3.08. The number of ketones is 1. The van der Waals surface area contributed by atoms with Gasteiger partial charge in [-0.15, -0.1) is 11.3 Å². The predicted molar refractivity (Wildman–Crippen MR) is 134 cm³/mol. The van der Waals surface area contributed by atoms with E-state index in [-0.39, 0.29) is 27.9 Å². The average molecular weight is 569 g/mol. The smallest absolute Gasteiger partial charge is 0.475 e. The second-order valence-corrected chi connectivity index (χ2v) is 10.6. The van der Waals surface area contributed by atoms with Crippen molar-refractivity contribution >= 4 is 62.9 Å². The van der Waals surface area contributed by atoms with Crippen molar-refractivity contribution < 1.29 is 32.7 Å². The molecule has 1 aliphatic rings. The van der Waals surface area contributed by atoms with Gasteiger partial charge in [-0.1, -0.05) is 23.2 Å². The first kappa shape index (κ1) is 29.7. The van der Waals surface area contributed by atoms with Crippen LogP contribution in [-0.2, 0) is 4.79 Å². The molecule has 0 aliphatic carbocycles. The van der Waals surface area contributed by atoms with Crippen molar-refractivity contribution in [2.24, 2.45) is 0 Å². The van der Waals surface area contributed by atoms with Crippen LogP contribution in [0.5, 0.6) is 0 Å². The summed E-state index contributed by atoms with van der Waals surface area (Å²) in [6.45, 7) is 8.59. The number of nitrogens with one attached hydrogen (secondary N) is 2. The van der Waals surface area contributed by atoms with Gasteiger partial charge in [-0.25, -0.2) is 4.79 Å². The van der Waals surface area contributed by atoms with Gasteiger partial charge in [0.2, 0.25) is 5.78 Å². The van der Waals surface area contributed by atoms with E-state index in [9.17, 15) is 22.8 Å². The Morgan fingerprint density at radius 2 is 1.69 bits per heavy atom. The van der Waals surface area contributed by atoms with Crippen LogP contribution in [0.1, 0.15) is 46.4 Å². The summed E-state index contributed by atoms with van der Waals surface area (Å²) >= 11 is 13.4. The number of nitrogens with two attached hydrogens (primary N) is 1. The van der Waals surface area contributed by atoms with Gasteiger partial charge in [0.05, 0.1) is 16.3 Å². The van der Waals surface area contributed by atoms with E-state index in [2.05, 4.69) is 10.6 Å². The Kier molecular flexibility index (Phi) is 9.63. The Balaban J connectivity index is 0.000000572. The minimum absolute atomic E-state index is 0.173. The van der Waals surface area contributed by atoms with E-state index in [0.717, 1.165) is 13.1 Å². The summed E-state index contributed by atoms with van der Waals surface area (Å²) in [5.74, 6) is -3.26. The van der Waals surface area contributed by atoms with Gasteiger partial charge in [-0.3, -0.25) is 9.59 Å². The van der Waals surface area contributed by atoms with Gasteiger partial charge >= 0.3 is 12.1 Å². The molecular weight excluding hydrogens is 544 g/mol. The zero-order chi connectivity index (χ0) is 27.4. The van der Waals surface area contributed by atoms with E-state index in [1.807, 2.05) is 20.8 Å². The third-order valence-corrected chi connectivity index (χ3v) is 6.34. The van der Waals surface area contributed by atoms with Gasteiger partial charge in [0.15, 0.2) is 0 Å². The number of aliphatic carboxylic acids is 1. The predicted octanol–water partition coefficient (Wildman–Crippen LogP) is 4.76. The Bertz CT molecular complexity index is 1140. The number of carbonyl (C=O) groups excluding carboxylic acids is 2. The van der Waals surface area contributed by atoms with Crippen LogP contribution >= 0.6 is 34.5 Å². The zero-order valence-electron chi connectivity index (χ0n) is 19.6. The maximum atomic E-state index is 13.2. The largest absolute Gasteiger partial charge is 0.490 e. The molecule has 1 aromatic carbocycles. The van der Waals surface area contributed by atoms with Crippen LogP contribution in [0.2, 0.25) is 10.0 Å². The number of carboxylic acids is 1. The SMILES string of the molecule is CC(C)(C)Nc1sc(C(=O)c2ccc(Cl)cc2Cl)c(N)c1C(=O)N1CCNCC1.O=C(O)C(F)(F)F. The molecule has 1 saturated heterocycles. The Morgan fingerprint density at radius 1 is 1.14 bits per heavy atom. The fourth-order valence-corrected chi connectivity index (χ4v) is 4.85. The lowest BCUT2D eigenvalue weighted by Crippen LogP contribution is -2.46. The molecule has 3 rings (SSSR count). The molecule has 0 saturated carbocycles. The molecule has 0 bridgehead atoms. The molecule has 1 amide bonds. The molecule has 0 radical (unpaired) electrons. The number of hydrogen-bond acceptors (Lipinski definition) is 7. The highest BCUT2D eigenvalue weighted by molar-refractivity contribution is 7.19. The first-order valence-electron chi connectivity index (χ1n) is 10.5. The molecule has 1 aromatic heterocycles. The molecule has 0 unspecified atom stereocenters. The van der Waals surface area contributed by atoms with Crippen molar-refractivity contribution in [1.29, 1.82) is 0 Å². The highest BCUT2D eigenvalue weighted by atomic mass is 35.5. The second-order valence-electron chi connectivity index (χ2n) is 8.72. The number of nitrogen functional groups attached to an aromatic ring is 1. The van der Waals surface area contributed by atoms with Gasteiger partial charge in [0, 0.05) is 42.3 Å². The molecule has 14 heteroatoms. The number of amides is 1. The average Bonchev–Trinajstić information content (AvgIpc) is 3.07. The first-order chi connectivity index (χ1) is 16.5. The van der Waals surface area contributed by atoms with Crippen LogP contribution in [0.15, 0.2) is 18.2 Å². The second kappa shape index (κ2) is 11.7. The molecule has 198 valence electrons. The summed E-state index contributed by atoms with van der Waals surface area (Å²) in [6, 6.07) is 4.69. The van der Waals surface area contributed by atoms with Gasteiger partial charge in [-0.2, -0.15) is 13.2 Å². The number of rotatable bonds is 4. The highest BCUT2D eigenvalue weighted by Gasteiger charge is 2.38. The monoisotopic (exact) mass is 568 g/mol. The number of carboxylic acid groups (broad SMARTS) is 1. The number of benzene rings is 1. The molecule has 0 spiro atoms. The van der Waals surface area contributed by atoms with Gasteiger partial charge < -0.3 is 26.4 Å². The molecule has 36 heavy (non-hydrogen) atoms. The Hall–Kier alpha value is -2.54. The van der Waals surface area contributed by atoms with Crippen molar-refractivity contribution in [2.45, 2.75) is 32.5 Å². The van der Waals surface area contributed by atoms with E-state index in [0.29, 0.717) is 39.1 Å². The molecule has 5 N–H and O–H groups in total. The van der Waals surface area contributed by atoms with Crippen LogP contribution < -0.4 is 16.4 Å². The minimum Gasteiger partial charge on any atom is -0.475 e. The summed E-state index contributed by atoms with van der Waals surface area (Å²) in [5.41, 5.74) is 6.88. The van der Waals surface area contributed by atoms with Crippen molar-refractivity contribution in [3.05, 3.63) is 44.2 Å². The number of nitrogens with zero attached hydrogens (tertiary/aromatic N) is 1. The summed E-state index contributed by atoms with van der Waals surface area (Å²) in [7, 11) is 0. The Labute approximate surface area is 219 Å². The molecule has 2 aromatic rings. The van der Waals surface area contributed by atoms with Crippen molar-refractivity contribution in [3.63, 3.8) is 0 Å². The van der Waals surface area contributed by atoms with Crippen molar-refractivity contribution in [2.75, 3.05) is 37.2 Å². The summed E-state index contributed by atoms with van der Waals surface area (Å²) in [6.07, 6.45) is -5.08. The van der Waals surface area contributed by atoms with Crippen LogP contribution in [0.3, 0.4) is 0 Å². The molecule has 0 atom stereocenters. The van der Waals surface area contributed by atoms with Crippen molar-refractivity contribution in [1.82, 2.24) is 10.2 Å². The van der Waals surface area contributed by atoms with Gasteiger partial charge in [0.25, 0.3) is 5.91 Å². The van der Waals surface area contributed by atoms with Crippen molar-refractivity contribution in [3.8, 4) is 0 Å². The number of anilines is 2. The number of halogens is 5. The van der Waals surface area contributed by atoms with Gasteiger partial charge in [-0.05, 0) is 39.0 Å². The normalized spacial score (nSPS) is 14.1. The molecule has 1 fully saturated rings. The summed E-state index contributed by atoms with van der Waals surface area (Å²) in [4.78, 5) is 37.4.